The van der Waals surface area contributed by atoms with Gasteiger partial charge >= 0.3 is 0 Å². The molecule has 220 valence electrons. The minimum absolute atomic E-state index is 0.0209. The number of benzene rings is 9. The topological polar surface area (TPSA) is 0 Å². The molecule has 0 heterocycles. The third-order valence-electron chi connectivity index (χ3n) is 10.8. The van der Waals surface area contributed by atoms with Gasteiger partial charge in [0.2, 0.25) is 0 Å². The Bertz CT molecular complexity index is 2680. The molecule has 9 aromatic carbocycles. The largest absolute Gasteiger partial charge is 0.0616 e. The van der Waals surface area contributed by atoms with Gasteiger partial charge < -0.3 is 0 Å². The van der Waals surface area contributed by atoms with Crippen molar-refractivity contribution < 1.29 is 0 Å². The predicted molar refractivity (Wildman–Crippen MR) is 202 cm³/mol. The molecule has 0 bridgehead atoms. The van der Waals surface area contributed by atoms with E-state index in [1.165, 1.54) is 98.4 Å². The molecule has 0 unspecified atom stereocenters. The highest BCUT2D eigenvalue weighted by Crippen LogP contribution is 2.53. The number of rotatable bonds is 3. The van der Waals surface area contributed by atoms with Crippen molar-refractivity contribution in [3.05, 3.63) is 169 Å². The third kappa shape index (κ3) is 3.70. The van der Waals surface area contributed by atoms with Gasteiger partial charge in [0.25, 0.3) is 0 Å². The highest BCUT2D eigenvalue weighted by Gasteiger charge is 2.34. The molecule has 0 saturated heterocycles. The van der Waals surface area contributed by atoms with Crippen LogP contribution in [0.2, 0.25) is 0 Å². The van der Waals surface area contributed by atoms with Crippen molar-refractivity contribution in [3.63, 3.8) is 0 Å². The van der Waals surface area contributed by atoms with Crippen LogP contribution in [0, 0.1) is 0 Å². The zero-order valence-electron chi connectivity index (χ0n) is 26.5. The Balaban J connectivity index is 1.24. The van der Waals surface area contributed by atoms with E-state index in [0.29, 0.717) is 0 Å². The summed E-state index contributed by atoms with van der Waals surface area (Å²) in [7, 11) is 0. The van der Waals surface area contributed by atoms with Gasteiger partial charge in [0.1, 0.15) is 0 Å². The van der Waals surface area contributed by atoms with Crippen LogP contribution in [0.3, 0.4) is 0 Å². The number of fused-ring (bicyclic) bond motifs is 3. The van der Waals surface area contributed by atoms with Crippen LogP contribution >= 0.6 is 0 Å². The second-order valence-electron chi connectivity index (χ2n) is 13.7. The first-order valence-electron chi connectivity index (χ1n) is 16.6. The van der Waals surface area contributed by atoms with E-state index >= 15 is 0 Å². The van der Waals surface area contributed by atoms with Gasteiger partial charge in [-0.2, -0.15) is 0 Å². The van der Waals surface area contributed by atoms with E-state index in [1.54, 1.807) is 0 Å². The molecule has 0 amide bonds. The maximum absolute atomic E-state index is 2.46. The molecule has 1 aliphatic rings. The summed E-state index contributed by atoms with van der Waals surface area (Å²) in [5, 5.41) is 13.2. The second-order valence-corrected chi connectivity index (χ2v) is 13.7. The first-order chi connectivity index (χ1) is 23.1. The zero-order valence-corrected chi connectivity index (χ0v) is 26.5. The molecule has 0 N–H and O–H groups in total. The van der Waals surface area contributed by atoms with Crippen LogP contribution in [0.5, 0.6) is 0 Å². The number of hydrogen-bond acceptors (Lipinski definition) is 0. The zero-order chi connectivity index (χ0) is 31.3. The van der Waals surface area contributed by atoms with Crippen molar-refractivity contribution in [3.8, 4) is 33.4 Å². The van der Waals surface area contributed by atoms with E-state index in [9.17, 15) is 0 Å². The Kier molecular flexibility index (Phi) is 5.44. The first-order valence-corrected chi connectivity index (χ1v) is 16.6. The summed E-state index contributed by atoms with van der Waals surface area (Å²) < 4.78 is 0. The van der Waals surface area contributed by atoms with Crippen LogP contribution in [-0.2, 0) is 5.41 Å². The molecule has 0 aromatic heterocycles. The Hall–Kier alpha value is -5.72. The lowest BCUT2D eigenvalue weighted by molar-refractivity contribution is 0.663. The summed E-state index contributed by atoms with van der Waals surface area (Å²) in [6, 6.07) is 58.8. The molecule has 0 fully saturated rings. The summed E-state index contributed by atoms with van der Waals surface area (Å²) in [6.45, 7) is 4.75. The van der Waals surface area contributed by atoms with Gasteiger partial charge in [-0.1, -0.05) is 159 Å². The molecule has 0 radical (unpaired) electrons. The predicted octanol–water partition coefficient (Wildman–Crippen LogP) is 13.1. The van der Waals surface area contributed by atoms with Gasteiger partial charge in [0, 0.05) is 5.41 Å². The van der Waals surface area contributed by atoms with E-state index in [4.69, 9.17) is 0 Å². The molecule has 0 heteroatoms. The van der Waals surface area contributed by atoms with Crippen molar-refractivity contribution >= 4 is 53.9 Å². The lowest BCUT2D eigenvalue weighted by Gasteiger charge is -2.21. The minimum atomic E-state index is -0.0209. The van der Waals surface area contributed by atoms with E-state index in [-0.39, 0.29) is 5.41 Å². The Labute approximate surface area is 274 Å². The highest BCUT2D eigenvalue weighted by molar-refractivity contribution is 6.27. The van der Waals surface area contributed by atoms with Crippen molar-refractivity contribution in [2.45, 2.75) is 19.3 Å². The monoisotopic (exact) mass is 596 g/mol. The Morgan fingerprint density at radius 2 is 0.851 bits per heavy atom. The van der Waals surface area contributed by atoms with Crippen molar-refractivity contribution in [2.24, 2.45) is 0 Å². The SMILES string of the molecule is CC1(C)c2cccc3cc(-c4c5ccccc5c(-c5ccc(-c6ccc7ccccc7c6)cc5)c5ccccc45)c4cccc1c4c23. The number of hydrogen-bond donors (Lipinski definition) is 0. The van der Waals surface area contributed by atoms with E-state index in [0.717, 1.165) is 0 Å². The quantitative estimate of drug-likeness (QED) is 0.141. The molecule has 47 heavy (non-hydrogen) atoms. The molecular formula is C47H32. The van der Waals surface area contributed by atoms with Gasteiger partial charge in [-0.3, -0.25) is 0 Å². The van der Waals surface area contributed by atoms with E-state index < -0.39 is 0 Å². The minimum Gasteiger partial charge on any atom is -0.0616 e. The van der Waals surface area contributed by atoms with Crippen LogP contribution in [-0.4, -0.2) is 0 Å². The summed E-state index contributed by atoms with van der Waals surface area (Å²) in [6.07, 6.45) is 0. The molecule has 9 aromatic rings. The Morgan fingerprint density at radius 1 is 0.340 bits per heavy atom. The highest BCUT2D eigenvalue weighted by atomic mass is 14.4. The summed E-state index contributed by atoms with van der Waals surface area (Å²) >= 11 is 0. The van der Waals surface area contributed by atoms with Gasteiger partial charge in [0.15, 0.2) is 0 Å². The fourth-order valence-electron chi connectivity index (χ4n) is 8.57. The van der Waals surface area contributed by atoms with Crippen molar-refractivity contribution in [1.82, 2.24) is 0 Å². The second kappa shape index (κ2) is 9.64. The van der Waals surface area contributed by atoms with Crippen LogP contribution < -0.4 is 0 Å². The molecular weight excluding hydrogens is 565 g/mol. The van der Waals surface area contributed by atoms with Gasteiger partial charge in [-0.05, 0) is 111 Å². The van der Waals surface area contributed by atoms with Gasteiger partial charge in [-0.15, -0.1) is 0 Å². The van der Waals surface area contributed by atoms with Gasteiger partial charge in [0.05, 0.1) is 0 Å². The van der Waals surface area contributed by atoms with Crippen LogP contribution in [0.1, 0.15) is 25.0 Å². The van der Waals surface area contributed by atoms with E-state index in [1.807, 2.05) is 0 Å². The Morgan fingerprint density at radius 3 is 1.55 bits per heavy atom. The lowest BCUT2D eigenvalue weighted by atomic mass is 9.81. The van der Waals surface area contributed by atoms with Crippen molar-refractivity contribution in [1.29, 1.82) is 0 Å². The van der Waals surface area contributed by atoms with Gasteiger partial charge in [-0.25, -0.2) is 0 Å². The van der Waals surface area contributed by atoms with Crippen molar-refractivity contribution in [2.75, 3.05) is 0 Å². The molecule has 0 atom stereocenters. The fourth-order valence-corrected chi connectivity index (χ4v) is 8.57. The molecule has 0 nitrogen and oxygen atoms in total. The maximum atomic E-state index is 2.46. The fraction of sp³-hybridized carbons (Fsp3) is 0.0638. The van der Waals surface area contributed by atoms with Crippen LogP contribution in [0.15, 0.2) is 158 Å². The molecule has 0 spiro atoms. The standard InChI is InChI=1S/C47H32/c1-47(2)41-19-9-13-34-28-40(39-18-10-20-42(47)46(39)44(34)41)45-37-16-7-5-14-35(37)43(36-15-6-8-17-38(36)45)31-24-21-30(22-25-31)33-26-23-29-11-3-4-12-32(29)27-33/h3-28H,1-2H3. The third-order valence-corrected chi connectivity index (χ3v) is 10.8. The summed E-state index contributed by atoms with van der Waals surface area (Å²) in [5.74, 6) is 0. The smallest absolute Gasteiger partial charge is 0.0159 e. The molecule has 1 aliphatic carbocycles. The molecule has 0 saturated carbocycles. The van der Waals surface area contributed by atoms with E-state index in [2.05, 4.69) is 172 Å². The average Bonchev–Trinajstić information content (AvgIpc) is 3.36. The maximum Gasteiger partial charge on any atom is 0.0159 e. The average molecular weight is 597 g/mol. The lowest BCUT2D eigenvalue weighted by Crippen LogP contribution is -2.14. The first kappa shape index (κ1) is 26.5. The molecule has 0 aliphatic heterocycles. The molecule has 10 rings (SSSR count). The van der Waals surface area contributed by atoms with Crippen LogP contribution in [0.4, 0.5) is 0 Å². The van der Waals surface area contributed by atoms with Crippen LogP contribution in [0.25, 0.3) is 87.2 Å². The summed E-state index contributed by atoms with van der Waals surface area (Å²) in [4.78, 5) is 0. The summed E-state index contributed by atoms with van der Waals surface area (Å²) in [5.41, 5.74) is 10.5. The normalized spacial score (nSPS) is 13.5.